The molecule has 0 amide bonds. The minimum absolute atomic E-state index is 0.347. The zero-order valence-electron chi connectivity index (χ0n) is 12.0. The molecule has 1 unspecified atom stereocenters. The first-order chi connectivity index (χ1) is 9.26. The monoisotopic (exact) mass is 266 g/mol. The van der Waals surface area contributed by atoms with Crippen LogP contribution < -0.4 is 5.32 Å². The van der Waals surface area contributed by atoms with Crippen LogP contribution in [0.15, 0.2) is 30.3 Å². The van der Waals surface area contributed by atoms with Crippen molar-refractivity contribution in [1.82, 2.24) is 10.2 Å². The van der Waals surface area contributed by atoms with E-state index in [1.54, 1.807) is 7.11 Å². The Labute approximate surface area is 116 Å². The zero-order valence-corrected chi connectivity index (χ0v) is 12.0. The number of hydrogen-bond donors (Lipinski definition) is 2. The van der Waals surface area contributed by atoms with Gasteiger partial charge in [0.25, 0.3) is 0 Å². The van der Waals surface area contributed by atoms with Crippen LogP contribution in [-0.4, -0.2) is 56.0 Å². The number of ether oxygens (including phenoxy) is 1. The molecule has 1 atom stereocenters. The van der Waals surface area contributed by atoms with E-state index in [0.717, 1.165) is 19.6 Å². The maximum atomic E-state index is 9.98. The van der Waals surface area contributed by atoms with Crippen LogP contribution in [-0.2, 0) is 11.3 Å². The van der Waals surface area contributed by atoms with Crippen molar-refractivity contribution in [3.8, 4) is 0 Å². The van der Waals surface area contributed by atoms with Crippen LogP contribution in [0, 0.1) is 0 Å². The number of nitrogens with zero attached hydrogens (tertiary/aromatic N) is 1. The lowest BCUT2D eigenvalue weighted by molar-refractivity contribution is 0.107. The average molecular weight is 266 g/mol. The van der Waals surface area contributed by atoms with E-state index in [-0.39, 0.29) is 6.10 Å². The second-order valence-electron chi connectivity index (χ2n) is 4.66. The Hall–Kier alpha value is -0.940. The minimum atomic E-state index is -0.347. The molecule has 0 aliphatic heterocycles. The van der Waals surface area contributed by atoms with Crippen LogP contribution >= 0.6 is 0 Å². The number of methoxy groups -OCH3 is 1. The molecule has 1 aromatic rings. The number of aliphatic hydroxyl groups excluding tert-OH is 1. The number of likely N-dealkylation sites (N-methyl/N-ethyl adjacent to an activating group) is 1. The Kier molecular flexibility index (Phi) is 8.41. The molecule has 1 aromatic carbocycles. The van der Waals surface area contributed by atoms with E-state index in [1.807, 2.05) is 18.2 Å². The van der Waals surface area contributed by atoms with Gasteiger partial charge < -0.3 is 15.2 Å². The van der Waals surface area contributed by atoms with Gasteiger partial charge in [-0.3, -0.25) is 4.90 Å². The topological polar surface area (TPSA) is 44.7 Å². The second kappa shape index (κ2) is 9.92. The van der Waals surface area contributed by atoms with Crippen LogP contribution in [0.25, 0.3) is 0 Å². The highest BCUT2D eigenvalue weighted by molar-refractivity contribution is 5.14. The van der Waals surface area contributed by atoms with Gasteiger partial charge in [-0.25, -0.2) is 0 Å². The molecule has 0 fully saturated rings. The number of hydrogen-bond acceptors (Lipinski definition) is 4. The van der Waals surface area contributed by atoms with Crippen molar-refractivity contribution in [2.24, 2.45) is 0 Å². The highest BCUT2D eigenvalue weighted by Gasteiger charge is 2.10. The van der Waals surface area contributed by atoms with Crippen LogP contribution in [0.3, 0.4) is 0 Å². The van der Waals surface area contributed by atoms with Gasteiger partial charge in [-0.15, -0.1) is 0 Å². The van der Waals surface area contributed by atoms with Crippen molar-refractivity contribution in [3.05, 3.63) is 35.9 Å². The van der Waals surface area contributed by atoms with E-state index in [0.29, 0.717) is 19.7 Å². The maximum absolute atomic E-state index is 9.98. The third kappa shape index (κ3) is 7.28. The van der Waals surface area contributed by atoms with Crippen LogP contribution in [0.4, 0.5) is 0 Å². The molecule has 19 heavy (non-hydrogen) atoms. The molecular weight excluding hydrogens is 240 g/mol. The fraction of sp³-hybridized carbons (Fsp3) is 0.600. The summed E-state index contributed by atoms with van der Waals surface area (Å²) in [5, 5.41) is 13.2. The standard InChI is InChI=1S/C15H26N2O2/c1-3-17(12-14-7-5-4-6-8-14)13-15(18)11-16-9-10-19-2/h4-8,15-16,18H,3,9-13H2,1-2H3. The minimum Gasteiger partial charge on any atom is -0.390 e. The predicted molar refractivity (Wildman–Crippen MR) is 78.1 cm³/mol. The third-order valence-electron chi connectivity index (χ3n) is 3.03. The summed E-state index contributed by atoms with van der Waals surface area (Å²) in [6.07, 6.45) is -0.347. The van der Waals surface area contributed by atoms with Gasteiger partial charge in [0.1, 0.15) is 0 Å². The lowest BCUT2D eigenvalue weighted by atomic mass is 10.2. The van der Waals surface area contributed by atoms with E-state index in [9.17, 15) is 5.11 Å². The van der Waals surface area contributed by atoms with Crippen molar-refractivity contribution in [2.75, 3.05) is 39.9 Å². The highest BCUT2D eigenvalue weighted by Crippen LogP contribution is 2.04. The molecule has 0 spiro atoms. The van der Waals surface area contributed by atoms with E-state index < -0.39 is 0 Å². The molecule has 0 saturated carbocycles. The average Bonchev–Trinajstić information content (AvgIpc) is 2.44. The fourth-order valence-electron chi connectivity index (χ4n) is 1.95. The summed E-state index contributed by atoms with van der Waals surface area (Å²) >= 11 is 0. The molecule has 1 rings (SSSR count). The third-order valence-corrected chi connectivity index (χ3v) is 3.03. The van der Waals surface area contributed by atoms with E-state index in [2.05, 4.69) is 29.3 Å². The van der Waals surface area contributed by atoms with Gasteiger partial charge in [-0.05, 0) is 12.1 Å². The molecule has 0 aliphatic rings. The molecule has 4 heteroatoms. The molecule has 4 nitrogen and oxygen atoms in total. The van der Waals surface area contributed by atoms with Gasteiger partial charge in [-0.2, -0.15) is 0 Å². The molecule has 0 radical (unpaired) electrons. The van der Waals surface area contributed by atoms with Gasteiger partial charge in [-0.1, -0.05) is 37.3 Å². The Morgan fingerprint density at radius 2 is 2.05 bits per heavy atom. The summed E-state index contributed by atoms with van der Waals surface area (Å²) in [5.41, 5.74) is 1.28. The van der Waals surface area contributed by atoms with E-state index in [4.69, 9.17) is 4.74 Å². The lowest BCUT2D eigenvalue weighted by Crippen LogP contribution is -2.38. The zero-order chi connectivity index (χ0) is 13.9. The van der Waals surface area contributed by atoms with Crippen molar-refractivity contribution in [2.45, 2.75) is 19.6 Å². The van der Waals surface area contributed by atoms with Crippen molar-refractivity contribution < 1.29 is 9.84 Å². The highest BCUT2D eigenvalue weighted by atomic mass is 16.5. The van der Waals surface area contributed by atoms with Crippen LogP contribution in [0.1, 0.15) is 12.5 Å². The van der Waals surface area contributed by atoms with Crippen molar-refractivity contribution >= 4 is 0 Å². The fourth-order valence-corrected chi connectivity index (χ4v) is 1.95. The lowest BCUT2D eigenvalue weighted by Gasteiger charge is -2.23. The van der Waals surface area contributed by atoms with Gasteiger partial charge >= 0.3 is 0 Å². The summed E-state index contributed by atoms with van der Waals surface area (Å²) in [4.78, 5) is 2.25. The molecule has 2 N–H and O–H groups in total. The Morgan fingerprint density at radius 1 is 1.32 bits per heavy atom. The van der Waals surface area contributed by atoms with Gasteiger partial charge in [0.05, 0.1) is 12.7 Å². The van der Waals surface area contributed by atoms with Gasteiger partial charge in [0, 0.05) is 33.3 Å². The van der Waals surface area contributed by atoms with Gasteiger partial charge in [0.2, 0.25) is 0 Å². The second-order valence-corrected chi connectivity index (χ2v) is 4.66. The number of aliphatic hydroxyl groups is 1. The Morgan fingerprint density at radius 3 is 2.68 bits per heavy atom. The molecule has 0 saturated heterocycles. The number of nitrogens with one attached hydrogen (secondary N) is 1. The summed E-state index contributed by atoms with van der Waals surface area (Å²) in [7, 11) is 1.68. The number of rotatable bonds is 10. The normalized spacial score (nSPS) is 12.8. The molecule has 0 aromatic heterocycles. The smallest absolute Gasteiger partial charge is 0.0791 e. The first-order valence-corrected chi connectivity index (χ1v) is 6.90. The van der Waals surface area contributed by atoms with Crippen molar-refractivity contribution in [3.63, 3.8) is 0 Å². The maximum Gasteiger partial charge on any atom is 0.0791 e. The SMILES string of the molecule is CCN(Cc1ccccc1)CC(O)CNCCOC. The predicted octanol–water partition coefficient (Wildman–Crippen LogP) is 1.11. The Balaban J connectivity index is 2.27. The van der Waals surface area contributed by atoms with E-state index in [1.165, 1.54) is 5.56 Å². The first-order valence-electron chi connectivity index (χ1n) is 6.90. The first kappa shape index (κ1) is 16.1. The van der Waals surface area contributed by atoms with E-state index >= 15 is 0 Å². The largest absolute Gasteiger partial charge is 0.390 e. The summed E-state index contributed by atoms with van der Waals surface area (Å²) < 4.78 is 4.95. The summed E-state index contributed by atoms with van der Waals surface area (Å²) in [5.74, 6) is 0. The molecule has 108 valence electrons. The molecule has 0 bridgehead atoms. The quantitative estimate of drug-likeness (QED) is 0.623. The molecular formula is C15H26N2O2. The summed E-state index contributed by atoms with van der Waals surface area (Å²) in [6.45, 7) is 6.68. The van der Waals surface area contributed by atoms with Gasteiger partial charge in [0.15, 0.2) is 0 Å². The molecule has 0 aliphatic carbocycles. The number of benzene rings is 1. The Bertz CT molecular complexity index is 319. The van der Waals surface area contributed by atoms with Crippen LogP contribution in [0.5, 0.6) is 0 Å². The van der Waals surface area contributed by atoms with Crippen LogP contribution in [0.2, 0.25) is 0 Å². The van der Waals surface area contributed by atoms with Crippen molar-refractivity contribution in [1.29, 1.82) is 0 Å². The molecule has 0 heterocycles. The summed E-state index contributed by atoms with van der Waals surface area (Å²) in [6, 6.07) is 10.4.